The average molecular weight is 651 g/mol. The summed E-state index contributed by atoms with van der Waals surface area (Å²) in [7, 11) is 0. The Hall–Kier alpha value is -4.10. The number of amides is 1. The molecule has 1 amide bonds. The molecule has 0 aliphatic carbocycles. The summed E-state index contributed by atoms with van der Waals surface area (Å²) in [5.74, 6) is -3.77. The summed E-state index contributed by atoms with van der Waals surface area (Å²) in [6.07, 6.45) is 8.89. The smallest absolute Gasteiger partial charge is 0.309 e. The number of anilines is 1. The maximum absolute atomic E-state index is 14.5. The van der Waals surface area contributed by atoms with Crippen LogP contribution in [0.3, 0.4) is 0 Å². The van der Waals surface area contributed by atoms with E-state index < -0.39 is 52.8 Å². The van der Waals surface area contributed by atoms with E-state index in [2.05, 4.69) is 4.99 Å². The lowest BCUT2D eigenvalue weighted by Crippen LogP contribution is -2.54. The summed E-state index contributed by atoms with van der Waals surface area (Å²) in [5, 5.41) is 19.8. The molecule has 2 aromatic rings. The van der Waals surface area contributed by atoms with Crippen LogP contribution < -0.4 is 10.0 Å². The van der Waals surface area contributed by atoms with Crippen molar-refractivity contribution in [2.45, 2.75) is 62.9 Å². The van der Waals surface area contributed by atoms with Gasteiger partial charge in [-0.05, 0) is 61.6 Å². The third-order valence-electron chi connectivity index (χ3n) is 9.47. The molecular weight excluding hydrogens is 608 g/mol. The SMILES string of the molecule is N=C(N)N1CCCC(CC(C(=O)O)C2(C(=O)CC(C(=O)N3CCCCCC3)N(c3cccc4ccccc34)S(=O)O)C=CC=N2)C1. The van der Waals surface area contributed by atoms with Gasteiger partial charge in [-0.25, -0.2) is 4.21 Å². The van der Waals surface area contributed by atoms with Gasteiger partial charge in [0.2, 0.25) is 5.91 Å². The first-order valence-corrected chi connectivity index (χ1v) is 16.9. The number of benzene rings is 2. The number of aliphatic imine (C=N–C) groups is 1. The zero-order chi connectivity index (χ0) is 32.8. The molecule has 3 heterocycles. The monoisotopic (exact) mass is 650 g/mol. The highest BCUT2D eigenvalue weighted by atomic mass is 32.2. The number of carbonyl (C=O) groups is 3. The van der Waals surface area contributed by atoms with E-state index >= 15 is 0 Å². The number of carboxylic acids is 1. The number of rotatable bonds is 11. The van der Waals surface area contributed by atoms with Gasteiger partial charge in [0, 0.05) is 44.2 Å². The topological polar surface area (TPSA) is 181 Å². The largest absolute Gasteiger partial charge is 0.481 e. The fourth-order valence-corrected chi connectivity index (χ4v) is 7.83. The fraction of sp³-hybridized carbons (Fsp3) is 0.485. The Morgan fingerprint density at radius 2 is 1.74 bits per heavy atom. The fourth-order valence-electron chi connectivity index (χ4n) is 7.12. The number of guanidine groups is 1. The molecule has 0 aromatic heterocycles. The Morgan fingerprint density at radius 1 is 1.04 bits per heavy atom. The number of likely N-dealkylation sites (tertiary alicyclic amines) is 2. The molecule has 0 spiro atoms. The second kappa shape index (κ2) is 14.5. The van der Waals surface area contributed by atoms with Crippen LogP contribution in [0.1, 0.15) is 51.4 Å². The predicted octanol–water partition coefficient (Wildman–Crippen LogP) is 3.59. The Balaban J connectivity index is 1.53. The van der Waals surface area contributed by atoms with Crippen molar-refractivity contribution in [2.24, 2.45) is 22.6 Å². The minimum Gasteiger partial charge on any atom is -0.481 e. The maximum Gasteiger partial charge on any atom is 0.309 e. The van der Waals surface area contributed by atoms with E-state index in [-0.39, 0.29) is 18.3 Å². The lowest BCUT2D eigenvalue weighted by molar-refractivity contribution is -0.147. The number of carboxylic acid groups (broad SMARTS) is 1. The summed E-state index contributed by atoms with van der Waals surface area (Å²) in [6, 6.07) is 11.1. The van der Waals surface area contributed by atoms with Crippen LogP contribution in [0.5, 0.6) is 0 Å². The molecule has 5 rings (SSSR count). The lowest BCUT2D eigenvalue weighted by atomic mass is 9.73. The van der Waals surface area contributed by atoms with Crippen molar-refractivity contribution in [1.29, 1.82) is 5.41 Å². The third-order valence-corrected chi connectivity index (χ3v) is 10.3. The molecule has 5 unspecified atom stereocenters. The molecule has 2 aromatic carbocycles. The number of nitrogens with two attached hydrogens (primary N) is 1. The molecule has 46 heavy (non-hydrogen) atoms. The van der Waals surface area contributed by atoms with E-state index in [0.717, 1.165) is 41.8 Å². The Bertz CT molecular complexity index is 1540. The van der Waals surface area contributed by atoms with Gasteiger partial charge in [-0.3, -0.25) is 33.6 Å². The van der Waals surface area contributed by atoms with Gasteiger partial charge in [0.05, 0.1) is 11.6 Å². The summed E-state index contributed by atoms with van der Waals surface area (Å²) in [5.41, 5.74) is 4.24. The average Bonchev–Trinajstić information content (AvgIpc) is 3.38. The lowest BCUT2D eigenvalue weighted by Gasteiger charge is -2.38. The zero-order valence-corrected chi connectivity index (χ0v) is 26.6. The molecule has 3 aliphatic rings. The van der Waals surface area contributed by atoms with Crippen molar-refractivity contribution in [3.8, 4) is 0 Å². The van der Waals surface area contributed by atoms with E-state index in [1.165, 1.54) is 18.4 Å². The van der Waals surface area contributed by atoms with Gasteiger partial charge in [0.1, 0.15) is 6.04 Å². The van der Waals surface area contributed by atoms with E-state index in [4.69, 9.17) is 11.1 Å². The van der Waals surface area contributed by atoms with E-state index in [0.29, 0.717) is 43.7 Å². The third kappa shape index (κ3) is 7.00. The first kappa shape index (κ1) is 33.3. The number of hydrogen-bond acceptors (Lipinski definition) is 6. The number of nitrogens with zero attached hydrogens (tertiary/aromatic N) is 4. The van der Waals surface area contributed by atoms with Crippen LogP contribution in [0.4, 0.5) is 5.69 Å². The van der Waals surface area contributed by atoms with E-state index in [1.807, 2.05) is 18.2 Å². The summed E-state index contributed by atoms with van der Waals surface area (Å²) >= 11 is -2.71. The normalized spacial score (nSPS) is 23.5. The quantitative estimate of drug-likeness (QED) is 0.162. The second-order valence-electron chi connectivity index (χ2n) is 12.4. The molecule has 5 N–H and O–H groups in total. The summed E-state index contributed by atoms with van der Waals surface area (Å²) < 4.78 is 25.1. The standard InChI is InChI=1S/C33H42N6O6S/c34-32(35)38-19-8-10-23(22-38)20-26(31(42)43)33(15-9-16-36-33)29(40)21-28(30(41)37-17-5-1-2-6-18-37)39(46(44)45)27-14-7-12-24-11-3-4-13-25(24)27/h3-4,7,9,11-16,23,26,28H,1-2,5-6,8,10,17-22H2,(H3,34,35)(H,42,43)(H,44,45). The van der Waals surface area contributed by atoms with Gasteiger partial charge >= 0.3 is 5.97 Å². The Morgan fingerprint density at radius 3 is 2.39 bits per heavy atom. The van der Waals surface area contributed by atoms with Crippen LogP contribution in [-0.4, -0.2) is 91.3 Å². The first-order valence-electron chi connectivity index (χ1n) is 15.9. The minimum atomic E-state index is -2.71. The number of piperidine rings is 1. The van der Waals surface area contributed by atoms with Crippen LogP contribution in [0, 0.1) is 17.2 Å². The number of nitrogens with one attached hydrogen (secondary N) is 1. The van der Waals surface area contributed by atoms with Crippen molar-refractivity contribution < 1.29 is 28.3 Å². The molecule has 0 saturated carbocycles. The Labute approximate surface area is 271 Å². The van der Waals surface area contributed by atoms with Crippen LogP contribution >= 0.6 is 0 Å². The molecule has 0 bridgehead atoms. The molecule has 12 nitrogen and oxygen atoms in total. The number of carbonyl (C=O) groups excluding carboxylic acids is 2. The molecule has 2 saturated heterocycles. The molecule has 13 heteroatoms. The number of ketones is 1. The van der Waals surface area contributed by atoms with Gasteiger partial charge in [-0.15, -0.1) is 0 Å². The highest BCUT2D eigenvalue weighted by molar-refractivity contribution is 7.80. The van der Waals surface area contributed by atoms with Gasteiger partial charge in [-0.1, -0.05) is 49.2 Å². The molecule has 2 fully saturated rings. The highest BCUT2D eigenvalue weighted by Gasteiger charge is 2.51. The number of allylic oxidation sites excluding steroid dienone is 1. The molecule has 246 valence electrons. The second-order valence-corrected chi connectivity index (χ2v) is 13.2. The van der Waals surface area contributed by atoms with Gasteiger partial charge < -0.3 is 20.6 Å². The molecule has 0 radical (unpaired) electrons. The van der Waals surface area contributed by atoms with Crippen molar-refractivity contribution in [3.05, 3.63) is 54.6 Å². The van der Waals surface area contributed by atoms with Crippen LogP contribution in [-0.2, 0) is 25.7 Å². The summed E-state index contributed by atoms with van der Waals surface area (Å²) in [6.45, 7) is 1.92. The van der Waals surface area contributed by atoms with Gasteiger partial charge in [0.25, 0.3) is 11.3 Å². The zero-order valence-electron chi connectivity index (χ0n) is 25.8. The number of fused-ring (bicyclic) bond motifs is 1. The highest BCUT2D eigenvalue weighted by Crippen LogP contribution is 2.38. The van der Waals surface area contributed by atoms with Crippen LogP contribution in [0.25, 0.3) is 10.8 Å². The van der Waals surface area contributed by atoms with Crippen molar-refractivity contribution in [2.75, 3.05) is 30.5 Å². The van der Waals surface area contributed by atoms with Crippen LogP contribution in [0.15, 0.2) is 59.6 Å². The Kier molecular flexibility index (Phi) is 10.5. The number of Topliss-reactive ketones (excluding diaryl/α,β-unsaturated/α-hetero) is 1. The van der Waals surface area contributed by atoms with Crippen molar-refractivity contribution in [1.82, 2.24) is 9.80 Å². The number of aliphatic carboxylic acids is 1. The van der Waals surface area contributed by atoms with Crippen molar-refractivity contribution in [3.63, 3.8) is 0 Å². The summed E-state index contributed by atoms with van der Waals surface area (Å²) in [4.78, 5) is 49.6. The van der Waals surface area contributed by atoms with E-state index in [9.17, 15) is 28.3 Å². The number of hydrogen-bond donors (Lipinski definition) is 4. The molecule has 5 atom stereocenters. The van der Waals surface area contributed by atoms with E-state index in [1.54, 1.807) is 34.1 Å². The van der Waals surface area contributed by atoms with Crippen LogP contribution in [0.2, 0.25) is 0 Å². The molecule has 3 aliphatic heterocycles. The maximum atomic E-state index is 14.5. The minimum absolute atomic E-state index is 0.0819. The van der Waals surface area contributed by atoms with Crippen molar-refractivity contribution >= 4 is 57.6 Å². The van der Waals surface area contributed by atoms with Gasteiger partial charge in [0.15, 0.2) is 17.3 Å². The molecular formula is C33H42N6O6S. The first-order chi connectivity index (χ1) is 22.1. The van der Waals surface area contributed by atoms with Gasteiger partial charge in [-0.2, -0.15) is 0 Å². The predicted molar refractivity (Wildman–Crippen MR) is 178 cm³/mol.